The van der Waals surface area contributed by atoms with E-state index < -0.39 is 0 Å². The molecular formula is C15H21N3O2. The number of methoxy groups -OCH3 is 1. The molecule has 0 amide bonds. The Morgan fingerprint density at radius 2 is 2.35 bits per heavy atom. The molecule has 5 nitrogen and oxygen atoms in total. The molecule has 0 N–H and O–H groups in total. The van der Waals surface area contributed by atoms with E-state index in [9.17, 15) is 5.26 Å². The van der Waals surface area contributed by atoms with Crippen LogP contribution in [0.1, 0.15) is 23.2 Å². The zero-order valence-electron chi connectivity index (χ0n) is 12.3. The topological polar surface area (TPSA) is 58.4 Å². The first-order valence-electron chi connectivity index (χ1n) is 6.89. The van der Waals surface area contributed by atoms with Gasteiger partial charge in [-0.3, -0.25) is 0 Å². The quantitative estimate of drug-likeness (QED) is 0.838. The molecule has 1 saturated heterocycles. The summed E-state index contributed by atoms with van der Waals surface area (Å²) in [5.74, 6) is 0.788. The van der Waals surface area contributed by atoms with Crippen molar-refractivity contribution in [1.82, 2.24) is 4.98 Å². The Balaban J connectivity index is 2.20. The molecule has 5 heteroatoms. The Bertz CT molecular complexity index is 511. The highest BCUT2D eigenvalue weighted by atomic mass is 16.5. The number of hydrogen-bond acceptors (Lipinski definition) is 5. The molecule has 0 spiro atoms. The summed E-state index contributed by atoms with van der Waals surface area (Å²) >= 11 is 0. The summed E-state index contributed by atoms with van der Waals surface area (Å²) in [6.07, 6.45) is 0.998. The number of ether oxygens (including phenoxy) is 2. The third-order valence-corrected chi connectivity index (χ3v) is 3.52. The summed E-state index contributed by atoms with van der Waals surface area (Å²) in [6.45, 7) is 6.79. The lowest BCUT2D eigenvalue weighted by Crippen LogP contribution is -2.43. The summed E-state index contributed by atoms with van der Waals surface area (Å²) in [6, 6.07) is 4.23. The van der Waals surface area contributed by atoms with Gasteiger partial charge in [-0.15, -0.1) is 0 Å². The fourth-order valence-corrected chi connectivity index (χ4v) is 2.52. The van der Waals surface area contributed by atoms with Crippen LogP contribution >= 0.6 is 0 Å². The Kier molecular flexibility index (Phi) is 4.94. The van der Waals surface area contributed by atoms with Gasteiger partial charge in [0.05, 0.1) is 18.3 Å². The van der Waals surface area contributed by atoms with E-state index in [1.54, 1.807) is 7.11 Å². The molecule has 1 aromatic rings. The van der Waals surface area contributed by atoms with Crippen molar-refractivity contribution < 1.29 is 9.47 Å². The van der Waals surface area contributed by atoms with Crippen molar-refractivity contribution in [3.63, 3.8) is 0 Å². The molecule has 1 aliphatic heterocycles. The molecule has 0 aromatic carbocycles. The maximum Gasteiger partial charge on any atom is 0.147 e. The number of rotatable bonds is 4. The molecule has 2 heterocycles. The minimum Gasteiger partial charge on any atom is -0.385 e. The fourth-order valence-electron chi connectivity index (χ4n) is 2.52. The molecule has 0 aliphatic carbocycles. The van der Waals surface area contributed by atoms with Gasteiger partial charge in [-0.05, 0) is 31.9 Å². The van der Waals surface area contributed by atoms with Gasteiger partial charge in [-0.25, -0.2) is 4.98 Å². The normalized spacial score (nSPS) is 18.9. The van der Waals surface area contributed by atoms with Crippen molar-refractivity contribution in [2.75, 3.05) is 38.3 Å². The summed E-state index contributed by atoms with van der Waals surface area (Å²) < 4.78 is 10.8. The maximum absolute atomic E-state index is 9.36. The summed E-state index contributed by atoms with van der Waals surface area (Å²) in [7, 11) is 1.69. The zero-order chi connectivity index (χ0) is 14.5. The Morgan fingerprint density at radius 1 is 1.55 bits per heavy atom. The molecule has 0 saturated carbocycles. The van der Waals surface area contributed by atoms with Crippen LogP contribution in [-0.2, 0) is 9.47 Å². The molecule has 1 aliphatic rings. The molecule has 108 valence electrons. The first kappa shape index (κ1) is 14.8. The number of aryl methyl sites for hydroxylation is 2. The fraction of sp³-hybridized carbons (Fsp3) is 0.600. The number of nitrogens with zero attached hydrogens (tertiary/aromatic N) is 3. The highest BCUT2D eigenvalue weighted by molar-refractivity contribution is 5.58. The molecule has 0 bridgehead atoms. The lowest BCUT2D eigenvalue weighted by atomic mass is 10.1. The second-order valence-electron chi connectivity index (χ2n) is 5.11. The van der Waals surface area contributed by atoms with Crippen LogP contribution in [0.3, 0.4) is 0 Å². The van der Waals surface area contributed by atoms with Crippen LogP contribution < -0.4 is 4.90 Å². The van der Waals surface area contributed by atoms with Crippen LogP contribution in [-0.4, -0.2) is 44.5 Å². The maximum atomic E-state index is 9.36. The molecule has 2 rings (SSSR count). The van der Waals surface area contributed by atoms with Crippen molar-refractivity contribution in [3.8, 4) is 6.07 Å². The van der Waals surface area contributed by atoms with Crippen LogP contribution in [0.15, 0.2) is 6.07 Å². The highest BCUT2D eigenvalue weighted by Gasteiger charge is 2.24. The van der Waals surface area contributed by atoms with Gasteiger partial charge in [0.15, 0.2) is 0 Å². The third-order valence-electron chi connectivity index (χ3n) is 3.52. The number of anilines is 1. The minimum absolute atomic E-state index is 0.137. The predicted molar refractivity (Wildman–Crippen MR) is 76.9 cm³/mol. The Hall–Kier alpha value is -1.64. The van der Waals surface area contributed by atoms with Crippen LogP contribution in [0.4, 0.5) is 5.82 Å². The first-order valence-corrected chi connectivity index (χ1v) is 6.89. The monoisotopic (exact) mass is 275 g/mol. The van der Waals surface area contributed by atoms with Crippen molar-refractivity contribution in [2.45, 2.75) is 26.4 Å². The molecule has 1 fully saturated rings. The van der Waals surface area contributed by atoms with Gasteiger partial charge in [0.2, 0.25) is 0 Å². The lowest BCUT2D eigenvalue weighted by Gasteiger charge is -2.34. The number of nitriles is 1. The lowest BCUT2D eigenvalue weighted by molar-refractivity contribution is 0.0189. The van der Waals surface area contributed by atoms with Crippen LogP contribution in [0.5, 0.6) is 0 Å². The summed E-state index contributed by atoms with van der Waals surface area (Å²) in [5, 5.41) is 9.36. The van der Waals surface area contributed by atoms with Gasteiger partial charge >= 0.3 is 0 Å². The molecule has 1 aromatic heterocycles. The molecular weight excluding hydrogens is 254 g/mol. The van der Waals surface area contributed by atoms with Gasteiger partial charge in [-0.1, -0.05) is 0 Å². The smallest absolute Gasteiger partial charge is 0.147 e. The molecule has 0 radical (unpaired) electrons. The molecule has 1 atom stereocenters. The number of hydrogen-bond donors (Lipinski definition) is 0. The molecule has 1 unspecified atom stereocenters. The van der Waals surface area contributed by atoms with E-state index in [1.165, 1.54) is 0 Å². The number of morpholine rings is 1. The van der Waals surface area contributed by atoms with Crippen molar-refractivity contribution in [3.05, 3.63) is 22.9 Å². The number of pyridine rings is 1. The van der Waals surface area contributed by atoms with Gasteiger partial charge in [0.25, 0.3) is 0 Å². The zero-order valence-corrected chi connectivity index (χ0v) is 12.3. The van der Waals surface area contributed by atoms with Crippen molar-refractivity contribution >= 4 is 5.82 Å². The first-order chi connectivity index (χ1) is 9.65. The van der Waals surface area contributed by atoms with E-state index in [1.807, 2.05) is 19.9 Å². The number of aromatic nitrogens is 1. The van der Waals surface area contributed by atoms with Gasteiger partial charge < -0.3 is 14.4 Å². The minimum atomic E-state index is 0.137. The average Bonchev–Trinajstić information content (AvgIpc) is 2.44. The van der Waals surface area contributed by atoms with Gasteiger partial charge in [0.1, 0.15) is 11.9 Å². The average molecular weight is 275 g/mol. The van der Waals surface area contributed by atoms with Crippen molar-refractivity contribution in [1.29, 1.82) is 5.26 Å². The van der Waals surface area contributed by atoms with Gasteiger partial charge in [-0.2, -0.15) is 5.26 Å². The Labute approximate surface area is 120 Å². The third kappa shape index (κ3) is 3.27. The Morgan fingerprint density at radius 3 is 3.05 bits per heavy atom. The standard InChI is InChI=1S/C15H21N3O2/c1-11-8-12(2)17-15(14(11)9-16)18-5-7-20-13(10-18)4-6-19-3/h8,13H,4-7,10H2,1-3H3. The van der Waals surface area contributed by atoms with Crippen LogP contribution in [0, 0.1) is 25.2 Å². The van der Waals surface area contributed by atoms with Crippen LogP contribution in [0.25, 0.3) is 0 Å². The largest absolute Gasteiger partial charge is 0.385 e. The summed E-state index contributed by atoms with van der Waals surface area (Å²) in [4.78, 5) is 6.71. The predicted octanol–water partition coefficient (Wildman–Crippen LogP) is 1.81. The van der Waals surface area contributed by atoms with Crippen molar-refractivity contribution in [2.24, 2.45) is 0 Å². The van der Waals surface area contributed by atoms with E-state index in [-0.39, 0.29) is 6.10 Å². The second kappa shape index (κ2) is 6.69. The van der Waals surface area contributed by atoms with E-state index in [2.05, 4.69) is 16.0 Å². The van der Waals surface area contributed by atoms with E-state index >= 15 is 0 Å². The second-order valence-corrected chi connectivity index (χ2v) is 5.11. The van der Waals surface area contributed by atoms with E-state index in [4.69, 9.17) is 9.47 Å². The highest BCUT2D eigenvalue weighted by Crippen LogP contribution is 2.24. The summed E-state index contributed by atoms with van der Waals surface area (Å²) in [5.41, 5.74) is 2.59. The van der Waals surface area contributed by atoms with E-state index in [0.717, 1.165) is 36.6 Å². The molecule has 20 heavy (non-hydrogen) atoms. The van der Waals surface area contributed by atoms with Gasteiger partial charge in [0, 0.05) is 32.5 Å². The van der Waals surface area contributed by atoms with E-state index in [0.29, 0.717) is 18.8 Å². The SMILES string of the molecule is COCCC1CN(c2nc(C)cc(C)c2C#N)CCO1. The van der Waals surface area contributed by atoms with Crippen LogP contribution in [0.2, 0.25) is 0 Å².